The van der Waals surface area contributed by atoms with Gasteiger partial charge in [0, 0.05) is 12.5 Å². The van der Waals surface area contributed by atoms with Crippen molar-refractivity contribution < 1.29 is 9.32 Å². The molecular weight excluding hydrogens is 254 g/mol. The van der Waals surface area contributed by atoms with Crippen LogP contribution < -0.4 is 5.32 Å². The van der Waals surface area contributed by atoms with Gasteiger partial charge < -0.3 is 9.84 Å². The second kappa shape index (κ2) is 5.45. The Morgan fingerprint density at radius 2 is 1.90 bits per heavy atom. The van der Waals surface area contributed by atoms with Crippen LogP contribution in [0.25, 0.3) is 0 Å². The number of rotatable bonds is 3. The molecule has 1 aromatic carbocycles. The minimum Gasteiger partial charge on any atom is -0.345 e. The molecule has 1 N–H and O–H groups in total. The van der Waals surface area contributed by atoms with E-state index in [-0.39, 0.29) is 17.9 Å². The Hall–Kier alpha value is -2.17. The largest absolute Gasteiger partial charge is 0.345 e. The number of carbonyl (C=O) groups excluding carboxylic acids is 1. The molecule has 1 heterocycles. The first-order chi connectivity index (χ1) is 9.36. The third-order valence-corrected chi connectivity index (χ3v) is 2.99. The van der Waals surface area contributed by atoms with E-state index in [1.807, 2.05) is 24.3 Å². The molecule has 0 saturated carbocycles. The van der Waals surface area contributed by atoms with Crippen molar-refractivity contribution in [3.63, 3.8) is 0 Å². The van der Waals surface area contributed by atoms with E-state index in [2.05, 4.69) is 36.2 Å². The first kappa shape index (κ1) is 14.2. The van der Waals surface area contributed by atoms with Gasteiger partial charge in [-0.25, -0.2) is 0 Å². The zero-order valence-corrected chi connectivity index (χ0v) is 12.2. The summed E-state index contributed by atoms with van der Waals surface area (Å²) in [6.45, 7) is 8.39. The molecule has 1 amide bonds. The van der Waals surface area contributed by atoms with Crippen LogP contribution in [0.5, 0.6) is 0 Å². The molecule has 0 saturated heterocycles. The molecule has 5 heteroatoms. The second-order valence-corrected chi connectivity index (χ2v) is 5.74. The second-order valence-electron chi connectivity index (χ2n) is 5.74. The summed E-state index contributed by atoms with van der Waals surface area (Å²) in [6, 6.07) is 7.62. The van der Waals surface area contributed by atoms with Crippen LogP contribution >= 0.6 is 0 Å². The molecule has 0 fully saturated rings. The van der Waals surface area contributed by atoms with Crippen molar-refractivity contribution in [2.24, 2.45) is 0 Å². The Bertz CT molecular complexity index is 594. The van der Waals surface area contributed by atoms with Crippen LogP contribution in [0.1, 0.15) is 48.4 Å². The van der Waals surface area contributed by atoms with E-state index >= 15 is 0 Å². The minimum absolute atomic E-state index is 0.0805. The topological polar surface area (TPSA) is 68.0 Å². The quantitative estimate of drug-likeness (QED) is 0.933. The average molecular weight is 273 g/mol. The van der Waals surface area contributed by atoms with Gasteiger partial charge in [0.15, 0.2) is 5.82 Å². The summed E-state index contributed by atoms with van der Waals surface area (Å²) in [5.41, 5.74) is 1.90. The van der Waals surface area contributed by atoms with Crippen LogP contribution in [0.4, 0.5) is 0 Å². The number of carbonyl (C=O) groups is 1. The number of amides is 1. The Balaban J connectivity index is 1.99. The Kier molecular flexibility index (Phi) is 3.88. The van der Waals surface area contributed by atoms with Crippen LogP contribution in [-0.2, 0) is 12.0 Å². The maximum Gasteiger partial charge on any atom is 0.251 e. The lowest BCUT2D eigenvalue weighted by atomic mass is 9.87. The molecule has 0 aliphatic carbocycles. The minimum atomic E-state index is -0.145. The van der Waals surface area contributed by atoms with Crippen molar-refractivity contribution in [2.45, 2.75) is 39.7 Å². The summed E-state index contributed by atoms with van der Waals surface area (Å²) in [6.07, 6.45) is 0. The summed E-state index contributed by atoms with van der Waals surface area (Å²) in [5.74, 6) is 0.818. The predicted molar refractivity (Wildman–Crippen MR) is 75.3 cm³/mol. The van der Waals surface area contributed by atoms with Crippen LogP contribution in [-0.4, -0.2) is 16.0 Å². The van der Waals surface area contributed by atoms with E-state index in [9.17, 15) is 4.79 Å². The Labute approximate surface area is 118 Å². The summed E-state index contributed by atoms with van der Waals surface area (Å²) >= 11 is 0. The van der Waals surface area contributed by atoms with Crippen molar-refractivity contribution in [1.29, 1.82) is 0 Å². The molecule has 20 heavy (non-hydrogen) atoms. The van der Waals surface area contributed by atoms with E-state index in [1.165, 1.54) is 5.56 Å². The highest BCUT2D eigenvalue weighted by atomic mass is 16.5. The average Bonchev–Trinajstić information content (AvgIpc) is 2.81. The molecule has 1 aromatic heterocycles. The van der Waals surface area contributed by atoms with Gasteiger partial charge >= 0.3 is 0 Å². The zero-order valence-electron chi connectivity index (χ0n) is 12.2. The smallest absolute Gasteiger partial charge is 0.251 e. The highest BCUT2D eigenvalue weighted by Gasteiger charge is 2.14. The van der Waals surface area contributed by atoms with Gasteiger partial charge in [-0.1, -0.05) is 38.1 Å². The van der Waals surface area contributed by atoms with E-state index < -0.39 is 0 Å². The third kappa shape index (κ3) is 3.44. The summed E-state index contributed by atoms with van der Waals surface area (Å²) in [7, 11) is 0. The summed E-state index contributed by atoms with van der Waals surface area (Å²) < 4.78 is 4.84. The lowest BCUT2D eigenvalue weighted by Gasteiger charge is -2.18. The highest BCUT2D eigenvalue weighted by Crippen LogP contribution is 2.22. The van der Waals surface area contributed by atoms with Gasteiger partial charge in [0.25, 0.3) is 5.91 Å². The van der Waals surface area contributed by atoms with Crippen LogP contribution in [0.3, 0.4) is 0 Å². The number of nitrogens with zero attached hydrogens (tertiary/aromatic N) is 2. The van der Waals surface area contributed by atoms with Crippen molar-refractivity contribution >= 4 is 5.91 Å². The predicted octanol–water partition coefficient (Wildman–Crippen LogP) is 2.61. The van der Waals surface area contributed by atoms with Gasteiger partial charge in [-0.05, 0) is 23.1 Å². The van der Waals surface area contributed by atoms with Crippen LogP contribution in [0.2, 0.25) is 0 Å². The van der Waals surface area contributed by atoms with E-state index in [0.717, 1.165) is 0 Å². The van der Waals surface area contributed by atoms with Gasteiger partial charge in [0.2, 0.25) is 5.89 Å². The Morgan fingerprint density at radius 1 is 1.25 bits per heavy atom. The zero-order chi connectivity index (χ0) is 14.8. The molecule has 0 aliphatic rings. The van der Waals surface area contributed by atoms with Gasteiger partial charge in [0.05, 0.1) is 6.54 Å². The van der Waals surface area contributed by atoms with Gasteiger partial charge in [0.1, 0.15) is 0 Å². The maximum atomic E-state index is 12.0. The third-order valence-electron chi connectivity index (χ3n) is 2.99. The van der Waals surface area contributed by atoms with E-state index in [1.54, 1.807) is 6.92 Å². The molecule has 2 aromatic rings. The number of hydrogen-bond acceptors (Lipinski definition) is 4. The highest BCUT2D eigenvalue weighted by molar-refractivity contribution is 5.94. The standard InChI is InChI=1S/C15H19N3O2/c1-10-17-13(18-20-10)9-16-14(19)11-5-7-12(8-6-11)15(2,3)4/h5-8H,9H2,1-4H3,(H,16,19). The van der Waals surface area contributed by atoms with Gasteiger partial charge in [-0.2, -0.15) is 4.98 Å². The van der Waals surface area contributed by atoms with Crippen molar-refractivity contribution in [2.75, 3.05) is 0 Å². The van der Waals surface area contributed by atoms with Crippen LogP contribution in [0.15, 0.2) is 28.8 Å². The lowest BCUT2D eigenvalue weighted by molar-refractivity contribution is 0.0949. The SMILES string of the molecule is Cc1nc(CNC(=O)c2ccc(C(C)(C)C)cc2)no1. The number of hydrogen-bond donors (Lipinski definition) is 1. The van der Waals surface area contributed by atoms with Crippen LogP contribution in [0, 0.1) is 6.92 Å². The molecule has 0 atom stereocenters. The van der Waals surface area contributed by atoms with Crippen molar-refractivity contribution in [3.8, 4) is 0 Å². The molecule has 5 nitrogen and oxygen atoms in total. The first-order valence-electron chi connectivity index (χ1n) is 6.54. The normalized spacial score (nSPS) is 11.4. The molecular formula is C15H19N3O2. The molecule has 0 bridgehead atoms. The fourth-order valence-corrected chi connectivity index (χ4v) is 1.80. The fourth-order valence-electron chi connectivity index (χ4n) is 1.80. The lowest BCUT2D eigenvalue weighted by Crippen LogP contribution is -2.23. The number of benzene rings is 1. The number of nitrogens with one attached hydrogen (secondary N) is 1. The molecule has 2 rings (SSSR count). The molecule has 0 radical (unpaired) electrons. The Morgan fingerprint density at radius 3 is 2.40 bits per heavy atom. The number of aromatic nitrogens is 2. The molecule has 0 aliphatic heterocycles. The fraction of sp³-hybridized carbons (Fsp3) is 0.400. The summed E-state index contributed by atoms with van der Waals surface area (Å²) in [4.78, 5) is 16.0. The number of aryl methyl sites for hydroxylation is 1. The maximum absolute atomic E-state index is 12.0. The monoisotopic (exact) mass is 273 g/mol. The molecule has 0 spiro atoms. The van der Waals surface area contributed by atoms with Gasteiger partial charge in [-0.15, -0.1) is 0 Å². The van der Waals surface area contributed by atoms with Gasteiger partial charge in [-0.3, -0.25) is 4.79 Å². The van der Waals surface area contributed by atoms with E-state index in [0.29, 0.717) is 17.3 Å². The van der Waals surface area contributed by atoms with Crippen molar-refractivity contribution in [3.05, 3.63) is 47.1 Å². The van der Waals surface area contributed by atoms with Crippen molar-refractivity contribution in [1.82, 2.24) is 15.5 Å². The molecule has 106 valence electrons. The first-order valence-corrected chi connectivity index (χ1v) is 6.54. The van der Waals surface area contributed by atoms with E-state index in [4.69, 9.17) is 4.52 Å². The summed E-state index contributed by atoms with van der Waals surface area (Å²) in [5, 5.41) is 6.49. The molecule has 0 unspecified atom stereocenters.